The number of hydrazine groups is 1. The van der Waals surface area contributed by atoms with Crippen molar-refractivity contribution in [2.75, 3.05) is 10.9 Å². The van der Waals surface area contributed by atoms with Crippen molar-refractivity contribution in [1.29, 1.82) is 0 Å². The summed E-state index contributed by atoms with van der Waals surface area (Å²) in [6.07, 6.45) is 0. The zero-order valence-electron chi connectivity index (χ0n) is 6.86. The van der Waals surface area contributed by atoms with E-state index < -0.39 is 6.03 Å². The number of benzene rings is 1. The summed E-state index contributed by atoms with van der Waals surface area (Å²) < 4.78 is 0. The number of para-hydroxylation sites is 1. The lowest BCUT2D eigenvalue weighted by Gasteiger charge is -2.17. The van der Waals surface area contributed by atoms with Crippen molar-refractivity contribution < 1.29 is 4.79 Å². The second kappa shape index (κ2) is 3.18. The standard InChI is InChI=1S/C8H9N3OS/c9-8(12)10-11-5-13-7-4-2-1-3-6(7)11/h1-4H,5H2,(H3,9,10,12). The van der Waals surface area contributed by atoms with Gasteiger partial charge in [0, 0.05) is 4.90 Å². The van der Waals surface area contributed by atoms with E-state index in [-0.39, 0.29) is 0 Å². The van der Waals surface area contributed by atoms with Crippen LogP contribution in [0.15, 0.2) is 29.2 Å². The van der Waals surface area contributed by atoms with Crippen molar-refractivity contribution in [3.63, 3.8) is 0 Å². The summed E-state index contributed by atoms with van der Waals surface area (Å²) in [4.78, 5) is 11.8. The minimum absolute atomic E-state index is 0.530. The highest BCUT2D eigenvalue weighted by Gasteiger charge is 2.19. The second-order valence-corrected chi connectivity index (χ2v) is 3.63. The first kappa shape index (κ1) is 8.25. The highest BCUT2D eigenvalue weighted by atomic mass is 32.2. The zero-order chi connectivity index (χ0) is 9.26. The molecular weight excluding hydrogens is 186 g/mol. The Morgan fingerprint density at radius 3 is 3.08 bits per heavy atom. The fraction of sp³-hybridized carbons (Fsp3) is 0.125. The normalized spacial score (nSPS) is 14.0. The topological polar surface area (TPSA) is 58.4 Å². The number of carbonyl (C=O) groups excluding carboxylic acids is 1. The molecule has 2 amide bonds. The average Bonchev–Trinajstić information content (AvgIpc) is 2.48. The van der Waals surface area contributed by atoms with Gasteiger partial charge in [-0.15, -0.1) is 11.8 Å². The quantitative estimate of drug-likeness (QED) is 0.706. The summed E-state index contributed by atoms with van der Waals surface area (Å²) in [5.74, 6) is 0.711. The molecule has 13 heavy (non-hydrogen) atoms. The summed E-state index contributed by atoms with van der Waals surface area (Å²) in [7, 11) is 0. The van der Waals surface area contributed by atoms with Crippen LogP contribution >= 0.6 is 11.8 Å². The Bertz CT molecular complexity index is 342. The first-order chi connectivity index (χ1) is 6.27. The molecule has 0 aromatic heterocycles. The number of rotatable bonds is 1. The molecule has 0 saturated heterocycles. The number of carbonyl (C=O) groups is 1. The molecule has 1 aromatic rings. The van der Waals surface area contributed by atoms with Crippen LogP contribution in [-0.2, 0) is 0 Å². The van der Waals surface area contributed by atoms with E-state index >= 15 is 0 Å². The van der Waals surface area contributed by atoms with Crippen molar-refractivity contribution in [2.24, 2.45) is 5.73 Å². The van der Waals surface area contributed by atoms with E-state index in [9.17, 15) is 4.79 Å². The molecule has 4 nitrogen and oxygen atoms in total. The largest absolute Gasteiger partial charge is 0.350 e. The molecular formula is C8H9N3OS. The van der Waals surface area contributed by atoms with Gasteiger partial charge in [0.15, 0.2) is 0 Å². The van der Waals surface area contributed by atoms with E-state index in [1.807, 2.05) is 24.3 Å². The molecule has 1 aromatic carbocycles. The van der Waals surface area contributed by atoms with Gasteiger partial charge >= 0.3 is 6.03 Å². The fourth-order valence-corrected chi connectivity index (χ4v) is 2.20. The van der Waals surface area contributed by atoms with Crippen LogP contribution < -0.4 is 16.2 Å². The number of urea groups is 1. The van der Waals surface area contributed by atoms with Crippen molar-refractivity contribution in [3.05, 3.63) is 24.3 Å². The maximum atomic E-state index is 10.6. The number of anilines is 1. The molecule has 0 atom stereocenters. The number of nitrogens with zero attached hydrogens (tertiary/aromatic N) is 1. The van der Waals surface area contributed by atoms with Crippen LogP contribution in [0.5, 0.6) is 0 Å². The Kier molecular flexibility index (Phi) is 2.02. The molecule has 3 N–H and O–H groups in total. The van der Waals surface area contributed by atoms with E-state index in [2.05, 4.69) is 5.43 Å². The molecule has 5 heteroatoms. The maximum absolute atomic E-state index is 10.6. The summed E-state index contributed by atoms with van der Waals surface area (Å²) >= 11 is 1.67. The average molecular weight is 195 g/mol. The first-order valence-corrected chi connectivity index (χ1v) is 4.81. The molecule has 1 heterocycles. The number of primary amides is 1. The smallest absolute Gasteiger partial charge is 0.331 e. The second-order valence-electron chi connectivity index (χ2n) is 2.65. The van der Waals surface area contributed by atoms with Gasteiger partial charge in [0.2, 0.25) is 0 Å². The molecule has 1 aliphatic heterocycles. The van der Waals surface area contributed by atoms with Crippen LogP contribution in [0.2, 0.25) is 0 Å². The van der Waals surface area contributed by atoms with Crippen molar-refractivity contribution in [3.8, 4) is 0 Å². The minimum Gasteiger partial charge on any atom is -0.350 e. The lowest BCUT2D eigenvalue weighted by atomic mass is 10.3. The Morgan fingerprint density at radius 1 is 1.54 bits per heavy atom. The van der Waals surface area contributed by atoms with E-state index in [0.717, 1.165) is 10.6 Å². The van der Waals surface area contributed by atoms with Gasteiger partial charge in [0.25, 0.3) is 0 Å². The molecule has 0 fully saturated rings. The van der Waals surface area contributed by atoms with Gasteiger partial charge in [-0.3, -0.25) is 5.01 Å². The third-order valence-corrected chi connectivity index (χ3v) is 2.79. The molecule has 68 valence electrons. The molecule has 0 saturated carbocycles. The highest BCUT2D eigenvalue weighted by Crippen LogP contribution is 2.36. The number of nitrogens with two attached hydrogens (primary N) is 1. The Hall–Kier alpha value is -1.36. The van der Waals surface area contributed by atoms with Gasteiger partial charge in [-0.2, -0.15) is 0 Å². The molecule has 0 aliphatic carbocycles. The van der Waals surface area contributed by atoms with E-state index in [1.54, 1.807) is 16.8 Å². The molecule has 2 rings (SSSR count). The SMILES string of the molecule is NC(=O)NN1CSc2ccccc21. The van der Waals surface area contributed by atoms with Crippen LogP contribution in [-0.4, -0.2) is 11.9 Å². The van der Waals surface area contributed by atoms with Gasteiger partial charge in [-0.1, -0.05) is 12.1 Å². The van der Waals surface area contributed by atoms with Crippen LogP contribution in [0.4, 0.5) is 10.5 Å². The highest BCUT2D eigenvalue weighted by molar-refractivity contribution is 7.99. The maximum Gasteiger partial charge on any atom is 0.331 e. The number of nitrogens with one attached hydrogen (secondary N) is 1. The summed E-state index contributed by atoms with van der Waals surface area (Å²) in [5, 5.41) is 1.74. The summed E-state index contributed by atoms with van der Waals surface area (Å²) in [6, 6.07) is 7.34. The van der Waals surface area contributed by atoms with Gasteiger partial charge in [0.1, 0.15) is 0 Å². The van der Waals surface area contributed by atoms with Gasteiger partial charge in [0.05, 0.1) is 11.6 Å². The zero-order valence-corrected chi connectivity index (χ0v) is 7.67. The third-order valence-electron chi connectivity index (χ3n) is 1.75. The minimum atomic E-state index is -0.530. The number of thioether (sulfide) groups is 1. The van der Waals surface area contributed by atoms with Gasteiger partial charge in [-0.25, -0.2) is 10.2 Å². The Morgan fingerprint density at radius 2 is 2.31 bits per heavy atom. The van der Waals surface area contributed by atoms with Crippen molar-refractivity contribution in [2.45, 2.75) is 4.90 Å². The van der Waals surface area contributed by atoms with Crippen molar-refractivity contribution >= 4 is 23.5 Å². The number of hydrogen-bond acceptors (Lipinski definition) is 3. The third kappa shape index (κ3) is 1.55. The fourth-order valence-electron chi connectivity index (χ4n) is 1.23. The molecule has 0 spiro atoms. The number of amides is 2. The molecule has 1 aliphatic rings. The van der Waals surface area contributed by atoms with Crippen LogP contribution in [0.1, 0.15) is 0 Å². The lowest BCUT2D eigenvalue weighted by molar-refractivity contribution is 0.248. The van der Waals surface area contributed by atoms with Gasteiger partial charge in [-0.05, 0) is 12.1 Å². The summed E-state index contributed by atoms with van der Waals surface area (Å²) in [6.45, 7) is 0. The molecule has 0 unspecified atom stereocenters. The first-order valence-electron chi connectivity index (χ1n) is 3.83. The molecule has 0 radical (unpaired) electrons. The Labute approximate surface area is 80.1 Å². The monoisotopic (exact) mass is 195 g/mol. The van der Waals surface area contributed by atoms with E-state index in [1.165, 1.54) is 0 Å². The predicted molar refractivity (Wildman–Crippen MR) is 52.4 cm³/mol. The van der Waals surface area contributed by atoms with Crippen LogP contribution in [0, 0.1) is 0 Å². The van der Waals surface area contributed by atoms with Crippen molar-refractivity contribution in [1.82, 2.24) is 5.43 Å². The van der Waals surface area contributed by atoms with Gasteiger partial charge < -0.3 is 5.73 Å². The Balaban J connectivity index is 2.23. The predicted octanol–water partition coefficient (Wildman–Crippen LogP) is 1.14. The van der Waals surface area contributed by atoms with Crippen LogP contribution in [0.25, 0.3) is 0 Å². The molecule has 0 bridgehead atoms. The van der Waals surface area contributed by atoms with E-state index in [0.29, 0.717) is 5.88 Å². The van der Waals surface area contributed by atoms with Crippen LogP contribution in [0.3, 0.4) is 0 Å². The van der Waals surface area contributed by atoms with E-state index in [4.69, 9.17) is 5.73 Å². The summed E-state index contributed by atoms with van der Waals surface area (Å²) in [5.41, 5.74) is 8.58. The number of fused-ring (bicyclic) bond motifs is 1. The number of hydrogen-bond donors (Lipinski definition) is 2. The lowest BCUT2D eigenvalue weighted by Crippen LogP contribution is -2.43.